The number of hydrogen-bond donors (Lipinski definition) is 0. The van der Waals surface area contributed by atoms with Crippen molar-refractivity contribution in [1.29, 1.82) is 0 Å². The second-order valence-corrected chi connectivity index (χ2v) is 6.29. The average molecular weight is 376 g/mol. The van der Waals surface area contributed by atoms with Crippen molar-refractivity contribution in [3.8, 4) is 16.9 Å². The molecule has 0 fully saturated rings. The summed E-state index contributed by atoms with van der Waals surface area (Å²) in [5, 5.41) is 11.1. The highest BCUT2D eigenvalue weighted by Gasteiger charge is 2.17. The van der Waals surface area contributed by atoms with Gasteiger partial charge in [0.2, 0.25) is 0 Å². The minimum absolute atomic E-state index is 0.00232. The lowest BCUT2D eigenvalue weighted by atomic mass is 10.1. The fourth-order valence-electron chi connectivity index (χ4n) is 2.86. The molecule has 0 aliphatic heterocycles. The van der Waals surface area contributed by atoms with Crippen LogP contribution in [0.4, 0.5) is 5.69 Å². The van der Waals surface area contributed by atoms with E-state index in [4.69, 9.17) is 4.74 Å². The van der Waals surface area contributed by atoms with Crippen LogP contribution in [0.5, 0.6) is 5.75 Å². The van der Waals surface area contributed by atoms with Crippen LogP contribution in [0.1, 0.15) is 5.56 Å². The number of nitro benzene ring substituents is 1. The Labute approximate surface area is 163 Å². The van der Waals surface area contributed by atoms with E-state index in [0.29, 0.717) is 11.3 Å². The number of carbonyl (C=O) groups is 1. The molecule has 28 heavy (non-hydrogen) atoms. The number of ether oxygens (including phenoxy) is 1. The van der Waals surface area contributed by atoms with Crippen molar-refractivity contribution in [3.63, 3.8) is 0 Å². The maximum Gasteiger partial charge on any atom is 0.274 e. The van der Waals surface area contributed by atoms with Gasteiger partial charge in [0.25, 0.3) is 11.6 Å². The van der Waals surface area contributed by atoms with Gasteiger partial charge in [-0.1, -0.05) is 66.7 Å². The van der Waals surface area contributed by atoms with E-state index in [9.17, 15) is 14.9 Å². The molecule has 0 aromatic heterocycles. The predicted molar refractivity (Wildman–Crippen MR) is 107 cm³/mol. The summed E-state index contributed by atoms with van der Waals surface area (Å²) in [5.41, 5.74) is 2.38. The number of nitro groups is 1. The van der Waals surface area contributed by atoms with Gasteiger partial charge in [0.1, 0.15) is 5.75 Å². The zero-order chi connectivity index (χ0) is 19.9. The Balaban J connectivity index is 1.68. The number of amides is 1. The molecular weight excluding hydrogens is 356 g/mol. The van der Waals surface area contributed by atoms with Gasteiger partial charge in [-0.25, -0.2) is 0 Å². The third kappa shape index (κ3) is 4.54. The summed E-state index contributed by atoms with van der Waals surface area (Å²) in [6.07, 6.45) is 0. The molecule has 6 heteroatoms. The molecule has 0 aliphatic rings. The molecular formula is C22H20N2O4. The number of rotatable bonds is 7. The van der Waals surface area contributed by atoms with Gasteiger partial charge in [0.15, 0.2) is 6.61 Å². The van der Waals surface area contributed by atoms with E-state index in [2.05, 4.69) is 0 Å². The molecule has 142 valence electrons. The number of likely N-dealkylation sites (N-methyl/N-ethyl adjacent to an activating group) is 1. The standard InChI is InChI=1S/C22H20N2O4/c1-23(15-18-11-5-7-13-20(18)24(26)27)22(25)16-28-21-14-8-6-12-19(21)17-9-3-2-4-10-17/h2-14H,15-16H2,1H3. The van der Waals surface area contributed by atoms with E-state index in [1.165, 1.54) is 11.0 Å². The topological polar surface area (TPSA) is 72.7 Å². The zero-order valence-corrected chi connectivity index (χ0v) is 15.4. The van der Waals surface area contributed by atoms with Crippen LogP contribution in [0.25, 0.3) is 11.1 Å². The summed E-state index contributed by atoms with van der Waals surface area (Å²) in [4.78, 5) is 24.6. The van der Waals surface area contributed by atoms with Crippen LogP contribution in [0.15, 0.2) is 78.9 Å². The quantitative estimate of drug-likeness (QED) is 0.455. The van der Waals surface area contributed by atoms with Crippen LogP contribution in [-0.2, 0) is 11.3 Å². The van der Waals surface area contributed by atoms with Gasteiger partial charge >= 0.3 is 0 Å². The molecule has 0 atom stereocenters. The fourth-order valence-corrected chi connectivity index (χ4v) is 2.86. The second kappa shape index (κ2) is 8.81. The lowest BCUT2D eigenvalue weighted by Crippen LogP contribution is -2.31. The Hall–Kier alpha value is -3.67. The Kier molecular flexibility index (Phi) is 6.01. The van der Waals surface area contributed by atoms with E-state index in [1.807, 2.05) is 54.6 Å². The average Bonchev–Trinajstić information content (AvgIpc) is 2.73. The SMILES string of the molecule is CN(Cc1ccccc1[N+](=O)[O-])C(=O)COc1ccccc1-c1ccccc1. The van der Waals surface area contributed by atoms with Gasteiger partial charge in [0.05, 0.1) is 11.5 Å². The van der Waals surface area contributed by atoms with E-state index >= 15 is 0 Å². The van der Waals surface area contributed by atoms with Crippen molar-refractivity contribution >= 4 is 11.6 Å². The molecule has 0 saturated heterocycles. The number of para-hydroxylation sites is 2. The molecule has 0 heterocycles. The maximum absolute atomic E-state index is 12.5. The molecule has 0 spiro atoms. The molecule has 0 N–H and O–H groups in total. The van der Waals surface area contributed by atoms with Crippen LogP contribution >= 0.6 is 0 Å². The summed E-state index contributed by atoms with van der Waals surface area (Å²) >= 11 is 0. The first kappa shape index (κ1) is 19.1. The van der Waals surface area contributed by atoms with Crippen LogP contribution < -0.4 is 4.74 Å². The van der Waals surface area contributed by atoms with E-state index in [1.54, 1.807) is 25.2 Å². The third-order valence-corrected chi connectivity index (χ3v) is 4.34. The van der Waals surface area contributed by atoms with Gasteiger partial charge < -0.3 is 9.64 Å². The van der Waals surface area contributed by atoms with E-state index < -0.39 is 4.92 Å². The highest BCUT2D eigenvalue weighted by atomic mass is 16.6. The highest BCUT2D eigenvalue weighted by Crippen LogP contribution is 2.29. The molecule has 0 bridgehead atoms. The number of benzene rings is 3. The summed E-state index contributed by atoms with van der Waals surface area (Å²) in [7, 11) is 1.60. The zero-order valence-electron chi connectivity index (χ0n) is 15.4. The minimum atomic E-state index is -0.444. The Morgan fingerprint density at radius 3 is 2.36 bits per heavy atom. The monoisotopic (exact) mass is 376 g/mol. The lowest BCUT2D eigenvalue weighted by Gasteiger charge is -2.18. The Bertz CT molecular complexity index is 973. The third-order valence-electron chi connectivity index (χ3n) is 4.34. The lowest BCUT2D eigenvalue weighted by molar-refractivity contribution is -0.385. The fraction of sp³-hybridized carbons (Fsp3) is 0.136. The van der Waals surface area contributed by atoms with Crippen molar-refractivity contribution in [3.05, 3.63) is 94.5 Å². The Morgan fingerprint density at radius 2 is 1.61 bits per heavy atom. The predicted octanol–water partition coefficient (Wildman–Crippen LogP) is 4.30. The summed E-state index contributed by atoms with van der Waals surface area (Å²) in [6.45, 7) is -0.0132. The van der Waals surface area contributed by atoms with Gasteiger partial charge in [0, 0.05) is 24.2 Å². The maximum atomic E-state index is 12.5. The molecule has 3 aromatic rings. The van der Waals surface area contributed by atoms with Crippen LogP contribution in [0.2, 0.25) is 0 Å². The molecule has 0 saturated carbocycles. The van der Waals surface area contributed by atoms with Crippen molar-refractivity contribution < 1.29 is 14.5 Å². The van der Waals surface area contributed by atoms with Crippen molar-refractivity contribution in [2.24, 2.45) is 0 Å². The normalized spacial score (nSPS) is 10.3. The van der Waals surface area contributed by atoms with E-state index in [-0.39, 0.29) is 24.7 Å². The first-order valence-electron chi connectivity index (χ1n) is 8.80. The first-order valence-corrected chi connectivity index (χ1v) is 8.80. The van der Waals surface area contributed by atoms with Gasteiger partial charge in [-0.2, -0.15) is 0 Å². The van der Waals surface area contributed by atoms with Crippen molar-refractivity contribution in [2.75, 3.05) is 13.7 Å². The van der Waals surface area contributed by atoms with Crippen LogP contribution in [0.3, 0.4) is 0 Å². The molecule has 3 rings (SSSR count). The van der Waals surface area contributed by atoms with Crippen LogP contribution in [-0.4, -0.2) is 29.4 Å². The molecule has 3 aromatic carbocycles. The smallest absolute Gasteiger partial charge is 0.274 e. The summed E-state index contributed by atoms with van der Waals surface area (Å²) in [5.74, 6) is 0.349. The molecule has 1 amide bonds. The Morgan fingerprint density at radius 1 is 0.964 bits per heavy atom. The van der Waals surface area contributed by atoms with Gasteiger partial charge in [-0.3, -0.25) is 14.9 Å². The summed E-state index contributed by atoms with van der Waals surface area (Å²) in [6, 6.07) is 23.7. The minimum Gasteiger partial charge on any atom is -0.483 e. The van der Waals surface area contributed by atoms with Gasteiger partial charge in [-0.05, 0) is 11.6 Å². The highest BCUT2D eigenvalue weighted by molar-refractivity contribution is 5.78. The largest absolute Gasteiger partial charge is 0.483 e. The van der Waals surface area contributed by atoms with Gasteiger partial charge in [-0.15, -0.1) is 0 Å². The van der Waals surface area contributed by atoms with Crippen molar-refractivity contribution in [1.82, 2.24) is 4.90 Å². The second-order valence-electron chi connectivity index (χ2n) is 6.29. The van der Waals surface area contributed by atoms with Crippen molar-refractivity contribution in [2.45, 2.75) is 6.54 Å². The molecule has 0 radical (unpaired) electrons. The molecule has 0 unspecified atom stereocenters. The number of carbonyl (C=O) groups excluding carboxylic acids is 1. The number of hydrogen-bond acceptors (Lipinski definition) is 4. The molecule has 6 nitrogen and oxygen atoms in total. The van der Waals surface area contributed by atoms with E-state index in [0.717, 1.165) is 11.1 Å². The number of nitrogens with zero attached hydrogens (tertiary/aromatic N) is 2. The molecule has 0 aliphatic carbocycles. The summed E-state index contributed by atoms with van der Waals surface area (Å²) < 4.78 is 5.76. The van der Waals surface area contributed by atoms with Crippen LogP contribution in [0, 0.1) is 10.1 Å². The first-order chi connectivity index (χ1) is 13.6.